The lowest BCUT2D eigenvalue weighted by Gasteiger charge is -2.08. The van der Waals surface area contributed by atoms with Crippen LogP contribution in [0, 0.1) is 11.3 Å². The van der Waals surface area contributed by atoms with Gasteiger partial charge in [-0.1, -0.05) is 6.07 Å². The summed E-state index contributed by atoms with van der Waals surface area (Å²) in [7, 11) is 0. The van der Waals surface area contributed by atoms with Crippen LogP contribution >= 0.6 is 0 Å². The van der Waals surface area contributed by atoms with Gasteiger partial charge in [0.1, 0.15) is 6.61 Å². The van der Waals surface area contributed by atoms with Crippen LogP contribution in [0.3, 0.4) is 0 Å². The van der Waals surface area contributed by atoms with Crippen LogP contribution in [-0.4, -0.2) is 15.0 Å². The first kappa shape index (κ1) is 14.5. The maximum atomic E-state index is 8.79. The van der Waals surface area contributed by atoms with E-state index in [4.69, 9.17) is 10.00 Å². The molecular weight excluding hydrogens is 290 g/mol. The van der Waals surface area contributed by atoms with Gasteiger partial charge in [-0.15, -0.1) is 0 Å². The summed E-state index contributed by atoms with van der Waals surface area (Å²) < 4.78 is 5.63. The van der Waals surface area contributed by atoms with Crippen LogP contribution in [0.4, 0.5) is 11.6 Å². The lowest BCUT2D eigenvalue weighted by molar-refractivity contribution is 0.293. The predicted octanol–water partition coefficient (Wildman–Crippen LogP) is 3.07. The lowest BCUT2D eigenvalue weighted by Crippen LogP contribution is -2.01. The van der Waals surface area contributed by atoms with Gasteiger partial charge in [0.15, 0.2) is 0 Å². The molecule has 0 saturated heterocycles. The Morgan fingerprint density at radius 2 is 1.96 bits per heavy atom. The van der Waals surface area contributed by atoms with Gasteiger partial charge < -0.3 is 10.1 Å². The first-order valence-corrected chi connectivity index (χ1v) is 6.95. The van der Waals surface area contributed by atoms with Crippen molar-refractivity contribution in [2.24, 2.45) is 0 Å². The molecule has 0 radical (unpaired) electrons. The number of nitrogens with zero attached hydrogens (tertiary/aromatic N) is 4. The SMILES string of the molecule is N#Cc1ccc(Nc2nccc(OCc3cccnc3)n2)cc1. The highest BCUT2D eigenvalue weighted by Gasteiger charge is 2.02. The topological polar surface area (TPSA) is 83.7 Å². The molecule has 1 N–H and O–H groups in total. The van der Waals surface area contributed by atoms with Gasteiger partial charge in [-0.2, -0.15) is 10.2 Å². The number of aromatic nitrogens is 3. The normalized spacial score (nSPS) is 9.87. The Kier molecular flexibility index (Phi) is 4.41. The molecule has 0 bridgehead atoms. The Morgan fingerprint density at radius 1 is 1.09 bits per heavy atom. The van der Waals surface area contributed by atoms with E-state index in [1.54, 1.807) is 48.9 Å². The highest BCUT2D eigenvalue weighted by molar-refractivity contribution is 5.54. The third kappa shape index (κ3) is 4.02. The number of nitriles is 1. The van der Waals surface area contributed by atoms with Crippen LogP contribution in [0.15, 0.2) is 61.1 Å². The highest BCUT2D eigenvalue weighted by atomic mass is 16.5. The fourth-order valence-corrected chi connectivity index (χ4v) is 1.88. The summed E-state index contributed by atoms with van der Waals surface area (Å²) in [5, 5.41) is 11.9. The number of benzene rings is 1. The molecule has 2 heterocycles. The second-order valence-electron chi connectivity index (χ2n) is 4.68. The van der Waals surface area contributed by atoms with Crippen molar-refractivity contribution >= 4 is 11.6 Å². The van der Waals surface area contributed by atoms with Gasteiger partial charge in [0.2, 0.25) is 11.8 Å². The number of nitrogens with one attached hydrogen (secondary N) is 1. The third-order valence-corrected chi connectivity index (χ3v) is 3.01. The highest BCUT2D eigenvalue weighted by Crippen LogP contribution is 2.16. The minimum Gasteiger partial charge on any atom is -0.473 e. The van der Waals surface area contributed by atoms with Gasteiger partial charge in [-0.3, -0.25) is 4.98 Å². The van der Waals surface area contributed by atoms with Gasteiger partial charge in [0.05, 0.1) is 11.6 Å². The van der Waals surface area contributed by atoms with Crippen LogP contribution < -0.4 is 10.1 Å². The van der Waals surface area contributed by atoms with E-state index in [2.05, 4.69) is 26.3 Å². The van der Waals surface area contributed by atoms with Gasteiger partial charge >= 0.3 is 0 Å². The maximum Gasteiger partial charge on any atom is 0.230 e. The fourth-order valence-electron chi connectivity index (χ4n) is 1.88. The Hall–Kier alpha value is -3.46. The number of pyridine rings is 1. The van der Waals surface area contributed by atoms with Gasteiger partial charge in [0.25, 0.3) is 0 Å². The number of hydrogen-bond donors (Lipinski definition) is 1. The lowest BCUT2D eigenvalue weighted by atomic mass is 10.2. The first-order chi connectivity index (χ1) is 11.3. The average Bonchev–Trinajstić information content (AvgIpc) is 2.62. The fraction of sp³-hybridized carbons (Fsp3) is 0.0588. The Morgan fingerprint density at radius 3 is 2.70 bits per heavy atom. The summed E-state index contributed by atoms with van der Waals surface area (Å²) in [4.78, 5) is 12.5. The van der Waals surface area contributed by atoms with Gasteiger partial charge in [0, 0.05) is 35.9 Å². The summed E-state index contributed by atoms with van der Waals surface area (Å²) in [6.45, 7) is 0.390. The van der Waals surface area contributed by atoms with E-state index >= 15 is 0 Å². The van der Waals surface area contributed by atoms with E-state index in [1.807, 2.05) is 12.1 Å². The van der Waals surface area contributed by atoms with E-state index in [0.717, 1.165) is 11.3 Å². The van der Waals surface area contributed by atoms with Crippen LogP contribution in [-0.2, 0) is 6.61 Å². The Labute approximate surface area is 133 Å². The molecule has 0 atom stereocenters. The molecule has 3 aromatic rings. The molecule has 0 saturated carbocycles. The molecular formula is C17H13N5O. The van der Waals surface area contributed by atoms with E-state index in [0.29, 0.717) is 24.0 Å². The predicted molar refractivity (Wildman–Crippen MR) is 85.0 cm³/mol. The molecule has 112 valence electrons. The van der Waals surface area contributed by atoms with Crippen LogP contribution in [0.25, 0.3) is 0 Å². The summed E-state index contributed by atoms with van der Waals surface area (Å²) in [5.74, 6) is 0.901. The molecule has 0 fully saturated rings. The largest absolute Gasteiger partial charge is 0.473 e. The molecule has 2 aromatic heterocycles. The minimum atomic E-state index is 0.390. The van der Waals surface area contributed by atoms with Crippen LogP contribution in [0.1, 0.15) is 11.1 Å². The van der Waals surface area contributed by atoms with Crippen LogP contribution in [0.2, 0.25) is 0 Å². The molecule has 23 heavy (non-hydrogen) atoms. The minimum absolute atomic E-state index is 0.390. The zero-order chi connectivity index (χ0) is 15.9. The zero-order valence-corrected chi connectivity index (χ0v) is 12.2. The molecule has 0 spiro atoms. The molecule has 0 aliphatic heterocycles. The van der Waals surface area contributed by atoms with E-state index in [9.17, 15) is 0 Å². The Balaban J connectivity index is 1.66. The molecule has 0 amide bonds. The monoisotopic (exact) mass is 303 g/mol. The summed E-state index contributed by atoms with van der Waals surface area (Å²) in [5.41, 5.74) is 2.37. The molecule has 0 aliphatic rings. The first-order valence-electron chi connectivity index (χ1n) is 6.95. The number of ether oxygens (including phenoxy) is 1. The zero-order valence-electron chi connectivity index (χ0n) is 12.2. The summed E-state index contributed by atoms with van der Waals surface area (Å²) in [6.07, 6.45) is 5.09. The van der Waals surface area contributed by atoms with Crippen molar-refractivity contribution in [1.82, 2.24) is 15.0 Å². The third-order valence-electron chi connectivity index (χ3n) is 3.01. The van der Waals surface area contributed by atoms with E-state index < -0.39 is 0 Å². The van der Waals surface area contributed by atoms with Gasteiger partial charge in [-0.25, -0.2) is 4.98 Å². The second kappa shape index (κ2) is 7.00. The smallest absolute Gasteiger partial charge is 0.230 e. The molecule has 3 rings (SSSR count). The van der Waals surface area contributed by atoms with E-state index in [1.165, 1.54) is 0 Å². The van der Waals surface area contributed by atoms with Crippen molar-refractivity contribution < 1.29 is 4.74 Å². The summed E-state index contributed by atoms with van der Waals surface area (Å²) >= 11 is 0. The molecule has 1 aromatic carbocycles. The van der Waals surface area contributed by atoms with Crippen molar-refractivity contribution in [1.29, 1.82) is 5.26 Å². The number of rotatable bonds is 5. The number of hydrogen-bond acceptors (Lipinski definition) is 6. The van der Waals surface area contributed by atoms with Crippen LogP contribution in [0.5, 0.6) is 5.88 Å². The maximum absolute atomic E-state index is 8.79. The van der Waals surface area contributed by atoms with Crippen molar-refractivity contribution in [2.75, 3.05) is 5.32 Å². The van der Waals surface area contributed by atoms with Crippen molar-refractivity contribution in [2.45, 2.75) is 6.61 Å². The van der Waals surface area contributed by atoms with Crippen molar-refractivity contribution in [3.8, 4) is 11.9 Å². The second-order valence-corrected chi connectivity index (χ2v) is 4.68. The van der Waals surface area contributed by atoms with Crippen molar-refractivity contribution in [3.63, 3.8) is 0 Å². The molecule has 0 aliphatic carbocycles. The summed E-state index contributed by atoms with van der Waals surface area (Å²) in [6, 6.07) is 14.6. The Bertz CT molecular complexity index is 812. The standard InChI is InChI=1S/C17H13N5O/c18-10-13-3-5-15(6-4-13)21-17-20-9-7-16(22-17)23-12-14-2-1-8-19-11-14/h1-9,11H,12H2,(H,20,21,22). The van der Waals surface area contributed by atoms with Crippen molar-refractivity contribution in [3.05, 3.63) is 72.2 Å². The number of anilines is 2. The molecule has 6 nitrogen and oxygen atoms in total. The quantitative estimate of drug-likeness (QED) is 0.780. The van der Waals surface area contributed by atoms with Gasteiger partial charge in [-0.05, 0) is 30.3 Å². The molecule has 6 heteroatoms. The van der Waals surface area contributed by atoms with E-state index in [-0.39, 0.29) is 0 Å². The average molecular weight is 303 g/mol. The molecule has 0 unspecified atom stereocenters.